The molecule has 4 nitrogen and oxygen atoms in total. The topological polar surface area (TPSA) is 30.0 Å². The minimum atomic E-state index is -0.413. The lowest BCUT2D eigenvalue weighted by Crippen LogP contribution is -2.81. The average molecular weight is 426 g/mol. The number of rotatable bonds is 4. The van der Waals surface area contributed by atoms with E-state index < -0.39 is 6.10 Å². The zero-order valence-corrected chi connectivity index (χ0v) is 18.9. The maximum Gasteiger partial charge on any atom is 0.0887 e. The fraction of sp³-hybridized carbons (Fsp3) is 0.357. The molecule has 0 radical (unpaired) electrons. The zero-order valence-electron chi connectivity index (χ0n) is 18.9. The molecule has 164 valence electrons. The summed E-state index contributed by atoms with van der Waals surface area (Å²) in [5.41, 5.74) is 4.50. The molecule has 0 aliphatic carbocycles. The van der Waals surface area contributed by atoms with Crippen LogP contribution < -0.4 is 4.90 Å². The van der Waals surface area contributed by atoms with E-state index in [0.29, 0.717) is 0 Å². The highest BCUT2D eigenvalue weighted by Gasteiger charge is 2.66. The van der Waals surface area contributed by atoms with Crippen LogP contribution in [-0.4, -0.2) is 61.3 Å². The smallest absolute Gasteiger partial charge is 0.0887 e. The van der Waals surface area contributed by atoms with Crippen molar-refractivity contribution in [3.8, 4) is 0 Å². The van der Waals surface area contributed by atoms with E-state index in [0.717, 1.165) is 26.2 Å². The lowest BCUT2D eigenvalue weighted by molar-refractivity contribution is -0.209. The Bertz CT molecular complexity index is 1020. The lowest BCUT2D eigenvalue weighted by Gasteiger charge is -2.69. The van der Waals surface area contributed by atoms with Crippen LogP contribution in [0.4, 0.5) is 5.69 Å². The van der Waals surface area contributed by atoms with E-state index in [2.05, 4.69) is 114 Å². The molecule has 4 aliphatic rings. The van der Waals surface area contributed by atoms with E-state index in [1.807, 2.05) is 0 Å². The Morgan fingerprint density at radius 1 is 0.688 bits per heavy atom. The van der Waals surface area contributed by atoms with Gasteiger partial charge in [0, 0.05) is 56.8 Å². The van der Waals surface area contributed by atoms with Gasteiger partial charge in [0.15, 0.2) is 0 Å². The van der Waals surface area contributed by atoms with Crippen molar-refractivity contribution >= 4 is 5.69 Å². The molecule has 1 N–H and O–H groups in total. The van der Waals surface area contributed by atoms with Crippen LogP contribution >= 0.6 is 0 Å². The predicted molar refractivity (Wildman–Crippen MR) is 129 cm³/mol. The first-order valence-electron chi connectivity index (χ1n) is 11.6. The third kappa shape index (κ3) is 2.73. The molecule has 4 fully saturated rings. The SMILES string of the molecule is CN(C)c1ccc(C2N3CC4(c5ccccc5)CN2CC(c2ccccc2)(C3)C4O)cc1. The molecule has 0 aromatic heterocycles. The van der Waals surface area contributed by atoms with Gasteiger partial charge in [0.1, 0.15) is 0 Å². The number of anilines is 1. The van der Waals surface area contributed by atoms with Crippen molar-refractivity contribution in [2.45, 2.75) is 23.1 Å². The third-order valence-electron chi connectivity index (χ3n) is 8.08. The second-order valence-electron chi connectivity index (χ2n) is 10.1. The van der Waals surface area contributed by atoms with Crippen molar-refractivity contribution in [2.24, 2.45) is 0 Å². The molecule has 4 bridgehead atoms. The summed E-state index contributed by atoms with van der Waals surface area (Å²) in [5.74, 6) is 0. The van der Waals surface area contributed by atoms with Crippen molar-refractivity contribution in [3.63, 3.8) is 0 Å². The van der Waals surface area contributed by atoms with Crippen LogP contribution in [0.2, 0.25) is 0 Å². The number of hydrogen-bond acceptors (Lipinski definition) is 4. The van der Waals surface area contributed by atoms with Crippen LogP contribution in [0.15, 0.2) is 84.9 Å². The first-order chi connectivity index (χ1) is 15.5. The van der Waals surface area contributed by atoms with Crippen molar-refractivity contribution in [3.05, 3.63) is 102 Å². The Labute approximate surface area is 190 Å². The van der Waals surface area contributed by atoms with Gasteiger partial charge in [-0.05, 0) is 28.8 Å². The third-order valence-corrected chi connectivity index (χ3v) is 8.08. The van der Waals surface area contributed by atoms with Crippen molar-refractivity contribution < 1.29 is 5.11 Å². The highest BCUT2D eigenvalue weighted by molar-refractivity contribution is 5.48. The van der Waals surface area contributed by atoms with Crippen LogP contribution in [0.1, 0.15) is 22.9 Å². The molecule has 32 heavy (non-hydrogen) atoms. The number of hydrogen-bond donors (Lipinski definition) is 1. The molecular formula is C28H31N3O. The minimum absolute atomic E-state index is 0.257. The zero-order chi connectivity index (χ0) is 21.9. The predicted octanol–water partition coefficient (Wildman–Crippen LogP) is 3.63. The molecule has 0 unspecified atom stereocenters. The molecule has 0 spiro atoms. The Kier molecular flexibility index (Phi) is 4.48. The van der Waals surface area contributed by atoms with E-state index in [1.54, 1.807) is 0 Å². The molecule has 0 saturated carbocycles. The van der Waals surface area contributed by atoms with Gasteiger partial charge in [0.05, 0.1) is 12.3 Å². The molecule has 4 heteroatoms. The summed E-state index contributed by atoms with van der Waals surface area (Å²) in [6, 6.07) is 30.4. The van der Waals surface area contributed by atoms with Crippen LogP contribution in [-0.2, 0) is 10.8 Å². The minimum Gasteiger partial charge on any atom is -0.391 e. The number of aliphatic hydroxyl groups is 1. The maximum atomic E-state index is 12.0. The van der Waals surface area contributed by atoms with Crippen LogP contribution in [0, 0.1) is 0 Å². The summed E-state index contributed by atoms with van der Waals surface area (Å²) >= 11 is 0. The average Bonchev–Trinajstić information content (AvgIpc) is 2.83. The van der Waals surface area contributed by atoms with E-state index in [1.165, 1.54) is 22.4 Å². The second-order valence-corrected chi connectivity index (χ2v) is 10.1. The van der Waals surface area contributed by atoms with Gasteiger partial charge in [-0.25, -0.2) is 0 Å². The number of nitrogens with zero attached hydrogens (tertiary/aromatic N) is 3. The lowest BCUT2D eigenvalue weighted by atomic mass is 9.54. The Balaban J connectivity index is 1.46. The van der Waals surface area contributed by atoms with E-state index in [-0.39, 0.29) is 17.0 Å². The first-order valence-corrected chi connectivity index (χ1v) is 11.6. The highest BCUT2D eigenvalue weighted by Crippen LogP contribution is 2.56. The summed E-state index contributed by atoms with van der Waals surface area (Å²) in [7, 11) is 4.17. The molecule has 4 heterocycles. The van der Waals surface area contributed by atoms with Gasteiger partial charge in [-0.2, -0.15) is 0 Å². The van der Waals surface area contributed by atoms with Crippen LogP contribution in [0.25, 0.3) is 0 Å². The summed E-state index contributed by atoms with van der Waals surface area (Å²) in [6.07, 6.45) is -0.156. The van der Waals surface area contributed by atoms with Gasteiger partial charge in [-0.1, -0.05) is 72.8 Å². The second kappa shape index (κ2) is 7.17. The Hall–Kier alpha value is -2.66. The molecule has 4 saturated heterocycles. The molecule has 4 aliphatic heterocycles. The van der Waals surface area contributed by atoms with Crippen molar-refractivity contribution in [1.82, 2.24) is 9.80 Å². The molecule has 0 amide bonds. The normalized spacial score (nSPS) is 35.1. The Morgan fingerprint density at radius 2 is 1.12 bits per heavy atom. The fourth-order valence-corrected chi connectivity index (χ4v) is 6.70. The summed E-state index contributed by atoms with van der Waals surface area (Å²) in [4.78, 5) is 7.38. The maximum absolute atomic E-state index is 12.0. The molecular weight excluding hydrogens is 394 g/mol. The van der Waals surface area contributed by atoms with E-state index >= 15 is 0 Å². The molecule has 7 rings (SSSR count). The number of aliphatic hydroxyl groups excluding tert-OH is 1. The standard InChI is InChI=1S/C28H31N3O/c1-29(2)24-15-13-21(14-16-24)25-30-17-27(22-9-5-3-6-10-22)18-31(25)20-28(19-30,26(27)32)23-11-7-4-8-12-23/h3-16,25-26,32H,17-20H2,1-2H3. The van der Waals surface area contributed by atoms with Gasteiger partial charge < -0.3 is 10.0 Å². The molecule has 3 aromatic rings. The van der Waals surface area contributed by atoms with Crippen LogP contribution in [0.3, 0.4) is 0 Å². The first kappa shape index (κ1) is 20.0. The van der Waals surface area contributed by atoms with Gasteiger partial charge in [0.2, 0.25) is 0 Å². The van der Waals surface area contributed by atoms with Crippen LogP contribution in [0.5, 0.6) is 0 Å². The monoisotopic (exact) mass is 425 g/mol. The number of piperidine rings is 2. The number of benzene rings is 3. The van der Waals surface area contributed by atoms with Gasteiger partial charge in [-0.15, -0.1) is 0 Å². The molecule has 0 atom stereocenters. The summed E-state index contributed by atoms with van der Waals surface area (Å²) < 4.78 is 0. The van der Waals surface area contributed by atoms with Gasteiger partial charge >= 0.3 is 0 Å². The Morgan fingerprint density at radius 3 is 1.53 bits per heavy atom. The largest absolute Gasteiger partial charge is 0.391 e. The summed E-state index contributed by atoms with van der Waals surface area (Å²) in [6.45, 7) is 3.51. The van der Waals surface area contributed by atoms with Gasteiger partial charge in [-0.3, -0.25) is 9.80 Å². The fourth-order valence-electron chi connectivity index (χ4n) is 6.70. The molecule has 3 aromatic carbocycles. The van der Waals surface area contributed by atoms with Crippen molar-refractivity contribution in [2.75, 3.05) is 45.2 Å². The quantitative estimate of drug-likeness (QED) is 0.691. The van der Waals surface area contributed by atoms with Crippen molar-refractivity contribution in [1.29, 1.82) is 0 Å². The van der Waals surface area contributed by atoms with Gasteiger partial charge in [0.25, 0.3) is 0 Å². The summed E-state index contributed by atoms with van der Waals surface area (Å²) in [5, 5.41) is 12.0. The van der Waals surface area contributed by atoms with E-state index in [9.17, 15) is 5.11 Å². The highest BCUT2D eigenvalue weighted by atomic mass is 16.3. The van der Waals surface area contributed by atoms with E-state index in [4.69, 9.17) is 0 Å².